The van der Waals surface area contributed by atoms with Gasteiger partial charge in [-0.05, 0) is 35.7 Å². The monoisotopic (exact) mass is 367 g/mol. The van der Waals surface area contributed by atoms with Crippen molar-refractivity contribution in [1.29, 1.82) is 0 Å². The fourth-order valence-corrected chi connectivity index (χ4v) is 5.81. The summed E-state index contributed by atoms with van der Waals surface area (Å²) in [6.45, 7) is 6.33. The van der Waals surface area contributed by atoms with Gasteiger partial charge in [0.1, 0.15) is 9.57 Å². The van der Waals surface area contributed by atoms with Crippen molar-refractivity contribution in [2.75, 3.05) is 26.3 Å². The van der Waals surface area contributed by atoms with Gasteiger partial charge in [0, 0.05) is 25.2 Å². The zero-order valence-corrected chi connectivity index (χ0v) is 15.7. The van der Waals surface area contributed by atoms with Crippen LogP contribution >= 0.6 is 32.9 Å². The molecule has 124 valence electrons. The number of ether oxygens (including phenoxy) is 1. The molecule has 3 nitrogen and oxygen atoms in total. The van der Waals surface area contributed by atoms with Crippen LogP contribution in [0.5, 0.6) is 5.75 Å². The van der Waals surface area contributed by atoms with Gasteiger partial charge in [0.15, 0.2) is 0 Å². The highest BCUT2D eigenvalue weighted by molar-refractivity contribution is 7.80. The van der Waals surface area contributed by atoms with E-state index in [9.17, 15) is 5.11 Å². The lowest BCUT2D eigenvalue weighted by atomic mass is 10.0. The van der Waals surface area contributed by atoms with Gasteiger partial charge < -0.3 is 9.84 Å². The molecule has 0 bridgehead atoms. The van der Waals surface area contributed by atoms with Crippen LogP contribution < -0.4 is 0 Å². The first kappa shape index (κ1) is 17.0. The molecule has 23 heavy (non-hydrogen) atoms. The molecule has 0 radical (unpaired) electrons. The van der Waals surface area contributed by atoms with E-state index in [-0.39, 0.29) is 0 Å². The van der Waals surface area contributed by atoms with Gasteiger partial charge in [-0.3, -0.25) is 4.90 Å². The minimum Gasteiger partial charge on any atom is -0.508 e. The molecule has 0 atom stereocenters. The Morgan fingerprint density at radius 3 is 2.78 bits per heavy atom. The number of phenols is 1. The molecule has 1 aromatic heterocycles. The highest BCUT2D eigenvalue weighted by Gasteiger charge is 2.15. The number of rotatable bonds is 5. The van der Waals surface area contributed by atoms with Gasteiger partial charge in [0.2, 0.25) is 0 Å². The second-order valence-corrected chi connectivity index (χ2v) is 8.56. The molecule has 1 saturated heterocycles. The molecule has 0 spiro atoms. The van der Waals surface area contributed by atoms with E-state index < -0.39 is 0 Å². The predicted octanol–water partition coefficient (Wildman–Crippen LogP) is 4.70. The van der Waals surface area contributed by atoms with Crippen molar-refractivity contribution in [2.45, 2.75) is 26.3 Å². The fourth-order valence-electron chi connectivity index (χ4n) is 2.81. The maximum absolute atomic E-state index is 10.2. The molecule has 1 N–H and O–H groups in total. The zero-order chi connectivity index (χ0) is 16.2. The Kier molecular flexibility index (Phi) is 5.82. The molecule has 3 rings (SSSR count). The quantitative estimate of drug-likeness (QED) is 0.613. The fraction of sp³-hybridized carbons (Fsp3) is 0.471. The van der Waals surface area contributed by atoms with Crippen molar-refractivity contribution in [3.63, 3.8) is 0 Å². The normalized spacial score (nSPS) is 15.9. The summed E-state index contributed by atoms with van der Waals surface area (Å²) in [5, 5.41) is 10.2. The lowest BCUT2D eigenvalue weighted by Gasteiger charge is -2.27. The Morgan fingerprint density at radius 1 is 1.26 bits per heavy atom. The summed E-state index contributed by atoms with van der Waals surface area (Å²) in [7, 11) is 3.43. The summed E-state index contributed by atoms with van der Waals surface area (Å²) in [5.74, 6) is 0.371. The Labute approximate surface area is 149 Å². The third kappa shape index (κ3) is 4.00. The van der Waals surface area contributed by atoms with Crippen molar-refractivity contribution in [3.05, 3.63) is 33.1 Å². The van der Waals surface area contributed by atoms with E-state index in [1.54, 1.807) is 20.7 Å². The molecule has 2 heterocycles. The molecule has 0 saturated carbocycles. The predicted molar refractivity (Wildman–Crippen MR) is 100 cm³/mol. The van der Waals surface area contributed by atoms with E-state index in [0.29, 0.717) is 5.75 Å². The van der Waals surface area contributed by atoms with E-state index in [4.69, 9.17) is 17.0 Å². The lowest BCUT2D eigenvalue weighted by molar-refractivity contribution is 0.0339. The topological polar surface area (TPSA) is 32.7 Å². The SMILES string of the molecule is CCCc1c(-c2ccc(O)c(CN3CCOCC3)c2)ssc1=S. The van der Waals surface area contributed by atoms with Crippen molar-refractivity contribution in [1.82, 2.24) is 4.90 Å². The summed E-state index contributed by atoms with van der Waals surface area (Å²) in [4.78, 5) is 3.59. The minimum absolute atomic E-state index is 0.371. The third-order valence-corrected chi connectivity index (χ3v) is 7.25. The zero-order valence-electron chi connectivity index (χ0n) is 13.2. The summed E-state index contributed by atoms with van der Waals surface area (Å²) in [6.07, 6.45) is 2.12. The Morgan fingerprint density at radius 2 is 2.04 bits per heavy atom. The van der Waals surface area contributed by atoms with Crippen LogP contribution in [0.3, 0.4) is 0 Å². The average Bonchev–Trinajstić information content (AvgIpc) is 2.92. The van der Waals surface area contributed by atoms with E-state index in [2.05, 4.69) is 17.9 Å². The Balaban J connectivity index is 1.89. The second-order valence-electron chi connectivity index (χ2n) is 5.74. The van der Waals surface area contributed by atoms with Crippen LogP contribution in [0, 0.1) is 3.82 Å². The van der Waals surface area contributed by atoms with Crippen molar-refractivity contribution >= 4 is 32.9 Å². The maximum atomic E-state index is 10.2. The van der Waals surface area contributed by atoms with E-state index in [1.165, 1.54) is 16.0 Å². The summed E-state index contributed by atoms with van der Waals surface area (Å²) >= 11 is 5.49. The van der Waals surface area contributed by atoms with Crippen LogP contribution in [0.2, 0.25) is 0 Å². The molecular weight excluding hydrogens is 346 g/mol. The van der Waals surface area contributed by atoms with Gasteiger partial charge in [-0.1, -0.05) is 46.2 Å². The standard InChI is InChI=1S/C17H21NO2S3/c1-2-3-14-16(22-23-17(14)21)12-4-5-15(19)13(10-12)11-18-6-8-20-9-7-18/h4-5,10,19H,2-3,6-9,11H2,1H3. The smallest absolute Gasteiger partial charge is 0.120 e. The largest absolute Gasteiger partial charge is 0.508 e. The first-order valence-corrected chi connectivity index (χ1v) is 10.5. The van der Waals surface area contributed by atoms with E-state index in [0.717, 1.165) is 55.1 Å². The summed E-state index contributed by atoms with van der Waals surface area (Å²) < 4.78 is 6.40. The van der Waals surface area contributed by atoms with Gasteiger partial charge in [0.25, 0.3) is 0 Å². The van der Waals surface area contributed by atoms with Crippen molar-refractivity contribution < 1.29 is 9.84 Å². The number of benzene rings is 1. The molecule has 1 aliphatic rings. The molecule has 1 aliphatic heterocycles. The van der Waals surface area contributed by atoms with Gasteiger partial charge in [-0.2, -0.15) is 0 Å². The van der Waals surface area contributed by atoms with Crippen molar-refractivity contribution in [3.8, 4) is 16.2 Å². The summed E-state index contributed by atoms with van der Waals surface area (Å²) in [6, 6.07) is 5.94. The van der Waals surface area contributed by atoms with Crippen LogP contribution in [0.1, 0.15) is 24.5 Å². The molecular formula is C17H21NO2S3. The van der Waals surface area contributed by atoms with Crippen LogP contribution in [0.4, 0.5) is 0 Å². The van der Waals surface area contributed by atoms with E-state index in [1.807, 2.05) is 12.1 Å². The number of hydrogen-bond donors (Lipinski definition) is 1. The highest BCUT2D eigenvalue weighted by atomic mass is 32.9. The Bertz CT molecular complexity index is 717. The average molecular weight is 368 g/mol. The van der Waals surface area contributed by atoms with Crippen LogP contribution in [0.25, 0.3) is 10.4 Å². The van der Waals surface area contributed by atoms with E-state index >= 15 is 0 Å². The first-order chi connectivity index (χ1) is 11.2. The molecule has 1 fully saturated rings. The summed E-state index contributed by atoms with van der Waals surface area (Å²) in [5.41, 5.74) is 3.45. The Hall–Kier alpha value is -0.790. The second kappa shape index (κ2) is 7.85. The minimum atomic E-state index is 0.371. The van der Waals surface area contributed by atoms with Crippen LogP contribution in [-0.4, -0.2) is 36.3 Å². The molecule has 2 aromatic rings. The van der Waals surface area contributed by atoms with Crippen LogP contribution in [-0.2, 0) is 17.7 Å². The van der Waals surface area contributed by atoms with Crippen molar-refractivity contribution in [2.24, 2.45) is 0 Å². The van der Waals surface area contributed by atoms with Gasteiger partial charge in [-0.25, -0.2) is 0 Å². The first-order valence-electron chi connectivity index (χ1n) is 7.93. The van der Waals surface area contributed by atoms with Gasteiger partial charge in [0.05, 0.1) is 18.1 Å². The highest BCUT2D eigenvalue weighted by Crippen LogP contribution is 2.37. The number of morpholine rings is 1. The number of hydrogen-bond acceptors (Lipinski definition) is 6. The molecule has 0 aliphatic carbocycles. The number of aromatic hydroxyl groups is 1. The van der Waals surface area contributed by atoms with Gasteiger partial charge in [-0.15, -0.1) is 0 Å². The van der Waals surface area contributed by atoms with Crippen LogP contribution in [0.15, 0.2) is 18.2 Å². The molecule has 6 heteroatoms. The number of nitrogens with zero attached hydrogens (tertiary/aromatic N) is 1. The molecule has 1 aromatic carbocycles. The number of phenolic OH excluding ortho intramolecular Hbond substituents is 1. The van der Waals surface area contributed by atoms with Gasteiger partial charge >= 0.3 is 0 Å². The lowest BCUT2D eigenvalue weighted by Crippen LogP contribution is -2.35. The molecule has 0 amide bonds. The third-order valence-electron chi connectivity index (χ3n) is 4.06. The molecule has 0 unspecified atom stereocenters. The maximum Gasteiger partial charge on any atom is 0.120 e.